The Kier molecular flexibility index (Phi) is 7.26. The van der Waals surface area contributed by atoms with Crippen molar-refractivity contribution in [3.8, 4) is 5.75 Å². The summed E-state index contributed by atoms with van der Waals surface area (Å²) in [6, 6.07) is 9.20. The van der Waals surface area contributed by atoms with Crippen molar-refractivity contribution in [1.82, 2.24) is 15.3 Å². The van der Waals surface area contributed by atoms with Crippen LogP contribution in [0.2, 0.25) is 0 Å². The summed E-state index contributed by atoms with van der Waals surface area (Å²) in [4.78, 5) is 20.4. The standard InChI is InChI=1S/C22H31N3O3/c1-7-17-18(8-2)24-20(23-17)19(25-21(26)28-22(4,5)6)15(3)14-27-16-12-10-9-11-13-16/h7,9-13,15,19H,1,8,14H2,2-6H3,(H,23,24)(H,25,26). The van der Waals surface area contributed by atoms with Gasteiger partial charge < -0.3 is 19.8 Å². The van der Waals surface area contributed by atoms with Crippen LogP contribution in [0.1, 0.15) is 57.9 Å². The number of nitrogens with zero attached hydrogens (tertiary/aromatic N) is 1. The van der Waals surface area contributed by atoms with Crippen LogP contribution in [-0.2, 0) is 11.2 Å². The van der Waals surface area contributed by atoms with Gasteiger partial charge >= 0.3 is 6.09 Å². The van der Waals surface area contributed by atoms with Crippen LogP contribution in [0, 0.1) is 5.92 Å². The smallest absolute Gasteiger partial charge is 0.408 e. The van der Waals surface area contributed by atoms with Crippen molar-refractivity contribution >= 4 is 12.2 Å². The Morgan fingerprint density at radius 2 is 2.00 bits per heavy atom. The molecule has 0 aliphatic heterocycles. The summed E-state index contributed by atoms with van der Waals surface area (Å²) in [6.45, 7) is 13.8. The van der Waals surface area contributed by atoms with Crippen LogP contribution < -0.4 is 10.1 Å². The summed E-state index contributed by atoms with van der Waals surface area (Å²) in [5.41, 5.74) is 1.20. The zero-order valence-electron chi connectivity index (χ0n) is 17.4. The van der Waals surface area contributed by atoms with Crippen LogP contribution in [-0.4, -0.2) is 28.3 Å². The maximum Gasteiger partial charge on any atom is 0.408 e. The van der Waals surface area contributed by atoms with Gasteiger partial charge in [0, 0.05) is 11.6 Å². The molecule has 2 rings (SSSR count). The molecule has 1 amide bonds. The van der Waals surface area contributed by atoms with E-state index >= 15 is 0 Å². The minimum atomic E-state index is -0.581. The lowest BCUT2D eigenvalue weighted by atomic mass is 10.0. The molecule has 152 valence electrons. The van der Waals surface area contributed by atoms with Gasteiger partial charge in [0.1, 0.15) is 17.2 Å². The number of aromatic amines is 1. The predicted octanol–water partition coefficient (Wildman–Crippen LogP) is 4.90. The highest BCUT2D eigenvalue weighted by Gasteiger charge is 2.28. The molecule has 0 saturated carbocycles. The number of para-hydroxylation sites is 1. The number of aryl methyl sites for hydroxylation is 1. The van der Waals surface area contributed by atoms with E-state index < -0.39 is 17.7 Å². The summed E-state index contributed by atoms with van der Waals surface area (Å²) in [5.74, 6) is 1.40. The SMILES string of the molecule is C=Cc1nc(C(NC(=O)OC(C)(C)C)C(C)COc2ccccc2)[nH]c1CC. The molecule has 2 aromatic rings. The first kappa shape index (κ1) is 21.5. The molecule has 1 aromatic heterocycles. The fraction of sp³-hybridized carbons (Fsp3) is 0.455. The molecule has 2 atom stereocenters. The molecule has 6 heteroatoms. The molecule has 0 fully saturated rings. The number of carbonyl (C=O) groups is 1. The van der Waals surface area contributed by atoms with Gasteiger partial charge in [0.2, 0.25) is 0 Å². The van der Waals surface area contributed by atoms with Crippen LogP contribution in [0.5, 0.6) is 5.75 Å². The van der Waals surface area contributed by atoms with Crippen LogP contribution >= 0.6 is 0 Å². The number of hydrogen-bond acceptors (Lipinski definition) is 4. The van der Waals surface area contributed by atoms with Crippen molar-refractivity contribution in [2.75, 3.05) is 6.61 Å². The summed E-state index contributed by atoms with van der Waals surface area (Å²) in [7, 11) is 0. The Morgan fingerprint density at radius 3 is 2.54 bits per heavy atom. The number of hydrogen-bond donors (Lipinski definition) is 2. The number of nitrogens with one attached hydrogen (secondary N) is 2. The number of alkyl carbamates (subject to hydrolysis) is 1. The molecule has 2 unspecified atom stereocenters. The zero-order valence-corrected chi connectivity index (χ0v) is 17.4. The second-order valence-corrected chi connectivity index (χ2v) is 7.77. The van der Waals surface area contributed by atoms with Gasteiger partial charge in [-0.1, -0.05) is 38.6 Å². The molecule has 28 heavy (non-hydrogen) atoms. The highest BCUT2D eigenvalue weighted by molar-refractivity contribution is 5.68. The molecule has 0 saturated heterocycles. The molecule has 2 N–H and O–H groups in total. The molecule has 0 radical (unpaired) electrons. The number of H-pyrrole nitrogens is 1. The molecule has 0 aliphatic rings. The Hall–Kier alpha value is -2.76. The maximum absolute atomic E-state index is 12.4. The van der Waals surface area contributed by atoms with Gasteiger partial charge in [0.25, 0.3) is 0 Å². The fourth-order valence-electron chi connectivity index (χ4n) is 2.78. The largest absolute Gasteiger partial charge is 0.493 e. The first-order valence-electron chi connectivity index (χ1n) is 9.62. The number of imidazole rings is 1. The summed E-state index contributed by atoms with van der Waals surface area (Å²) < 4.78 is 11.3. The van der Waals surface area contributed by atoms with Crippen molar-refractivity contribution < 1.29 is 14.3 Å². The van der Waals surface area contributed by atoms with Gasteiger partial charge in [-0.15, -0.1) is 0 Å². The fourth-order valence-corrected chi connectivity index (χ4v) is 2.78. The van der Waals surface area contributed by atoms with Crippen molar-refractivity contribution in [2.45, 2.75) is 52.7 Å². The summed E-state index contributed by atoms with van der Waals surface area (Å²) in [6.07, 6.45) is 2.02. The van der Waals surface area contributed by atoms with Crippen molar-refractivity contribution in [3.63, 3.8) is 0 Å². The minimum Gasteiger partial charge on any atom is -0.493 e. The lowest BCUT2D eigenvalue weighted by Crippen LogP contribution is -2.39. The first-order valence-corrected chi connectivity index (χ1v) is 9.62. The molecule has 1 aromatic carbocycles. The number of amides is 1. The number of ether oxygens (including phenoxy) is 2. The van der Waals surface area contributed by atoms with E-state index in [1.54, 1.807) is 6.08 Å². The highest BCUT2D eigenvalue weighted by Crippen LogP contribution is 2.24. The average molecular weight is 386 g/mol. The third-order valence-corrected chi connectivity index (χ3v) is 4.17. The van der Waals surface area contributed by atoms with E-state index in [0.29, 0.717) is 12.4 Å². The third-order valence-electron chi connectivity index (χ3n) is 4.17. The Morgan fingerprint density at radius 1 is 1.32 bits per heavy atom. The van der Waals surface area contributed by atoms with E-state index in [9.17, 15) is 4.79 Å². The molecule has 1 heterocycles. The van der Waals surface area contributed by atoms with Gasteiger partial charge in [-0.05, 0) is 45.4 Å². The monoisotopic (exact) mass is 385 g/mol. The molecule has 0 spiro atoms. The van der Waals surface area contributed by atoms with Crippen LogP contribution in [0.4, 0.5) is 4.79 Å². The lowest BCUT2D eigenvalue weighted by molar-refractivity contribution is 0.0473. The van der Waals surface area contributed by atoms with Gasteiger partial charge in [-0.3, -0.25) is 0 Å². The van der Waals surface area contributed by atoms with Crippen molar-refractivity contribution in [1.29, 1.82) is 0 Å². The van der Waals surface area contributed by atoms with E-state index in [1.807, 2.05) is 65.0 Å². The third kappa shape index (κ3) is 6.15. The molecule has 0 bridgehead atoms. The Balaban J connectivity index is 2.20. The quantitative estimate of drug-likeness (QED) is 0.678. The first-order chi connectivity index (χ1) is 13.2. The van der Waals surface area contributed by atoms with Gasteiger partial charge in [0.15, 0.2) is 0 Å². The highest BCUT2D eigenvalue weighted by atomic mass is 16.6. The van der Waals surface area contributed by atoms with E-state index in [0.717, 1.165) is 23.6 Å². The number of carbonyl (C=O) groups excluding carboxylic acids is 1. The number of rotatable bonds is 8. The molecular formula is C22H31N3O3. The topological polar surface area (TPSA) is 76.2 Å². The van der Waals surface area contributed by atoms with E-state index in [-0.39, 0.29) is 5.92 Å². The summed E-state index contributed by atoms with van der Waals surface area (Å²) in [5, 5.41) is 2.95. The summed E-state index contributed by atoms with van der Waals surface area (Å²) >= 11 is 0. The van der Waals surface area contributed by atoms with Crippen LogP contribution in [0.3, 0.4) is 0 Å². The number of benzene rings is 1. The molecule has 6 nitrogen and oxygen atoms in total. The van der Waals surface area contributed by atoms with Crippen molar-refractivity contribution in [3.05, 3.63) is 54.1 Å². The second kappa shape index (κ2) is 9.44. The van der Waals surface area contributed by atoms with Gasteiger partial charge in [-0.25, -0.2) is 9.78 Å². The normalized spacial score (nSPS) is 13.5. The average Bonchev–Trinajstić information content (AvgIpc) is 3.06. The minimum absolute atomic E-state index is 0.0544. The Labute approximate surface area is 167 Å². The van der Waals surface area contributed by atoms with Crippen LogP contribution in [0.25, 0.3) is 6.08 Å². The van der Waals surface area contributed by atoms with Gasteiger partial charge in [-0.2, -0.15) is 0 Å². The Bertz CT molecular complexity index is 778. The zero-order chi connectivity index (χ0) is 20.7. The molecular weight excluding hydrogens is 354 g/mol. The lowest BCUT2D eigenvalue weighted by Gasteiger charge is -2.26. The molecule has 0 aliphatic carbocycles. The van der Waals surface area contributed by atoms with Crippen molar-refractivity contribution in [2.24, 2.45) is 5.92 Å². The second-order valence-electron chi connectivity index (χ2n) is 7.77. The van der Waals surface area contributed by atoms with E-state index in [1.165, 1.54) is 0 Å². The van der Waals surface area contributed by atoms with Crippen LogP contribution in [0.15, 0.2) is 36.9 Å². The van der Waals surface area contributed by atoms with Gasteiger partial charge in [0.05, 0.1) is 18.3 Å². The van der Waals surface area contributed by atoms with E-state index in [4.69, 9.17) is 9.47 Å². The maximum atomic E-state index is 12.4. The predicted molar refractivity (Wildman–Crippen MR) is 111 cm³/mol. The van der Waals surface area contributed by atoms with E-state index in [2.05, 4.69) is 21.9 Å². The number of aromatic nitrogens is 2.